The fourth-order valence-corrected chi connectivity index (χ4v) is 6.08. The minimum Gasteiger partial charge on any atom is -0.378 e. The lowest BCUT2D eigenvalue weighted by molar-refractivity contribution is 0.395. The van der Waals surface area contributed by atoms with Gasteiger partial charge in [0.2, 0.25) is 0 Å². The predicted molar refractivity (Wildman–Crippen MR) is 129 cm³/mol. The highest BCUT2D eigenvalue weighted by Gasteiger charge is 2.40. The van der Waals surface area contributed by atoms with E-state index >= 15 is 0 Å². The van der Waals surface area contributed by atoms with E-state index in [9.17, 15) is 10.1 Å². The van der Waals surface area contributed by atoms with Crippen molar-refractivity contribution in [2.45, 2.75) is 25.8 Å². The molecule has 2 aliphatic rings. The molecule has 2 saturated heterocycles. The summed E-state index contributed by atoms with van der Waals surface area (Å²) in [6, 6.07) is 6.78. The number of aryl methyl sites for hydroxylation is 2. The van der Waals surface area contributed by atoms with Crippen molar-refractivity contribution in [3.8, 4) is 6.07 Å². The Morgan fingerprint density at radius 2 is 2.09 bits per heavy atom. The first kappa shape index (κ1) is 20.8. The van der Waals surface area contributed by atoms with Crippen molar-refractivity contribution in [2.24, 2.45) is 13.0 Å². The number of hydrogen-bond acceptors (Lipinski definition) is 8. The van der Waals surface area contributed by atoms with Gasteiger partial charge in [0.05, 0.1) is 10.7 Å². The molecular weight excluding hydrogens is 422 g/mol. The van der Waals surface area contributed by atoms with Gasteiger partial charge >= 0.3 is 0 Å². The molecule has 8 nitrogen and oxygen atoms in total. The molecule has 0 unspecified atom stereocenters. The summed E-state index contributed by atoms with van der Waals surface area (Å²) in [5, 5.41) is 10.7. The Morgan fingerprint density at radius 3 is 2.84 bits per heavy atom. The van der Waals surface area contributed by atoms with Crippen LogP contribution in [0.25, 0.3) is 10.3 Å². The SMILES string of the molecule is Cc1nc2c(N3CC[C@H]4[C@H](CCN4c4cc(N(C)C)ccn4)C3)c(C#N)c(=O)n(C)c2s1. The third kappa shape index (κ3) is 3.21. The quantitative estimate of drug-likeness (QED) is 0.608. The zero-order chi connectivity index (χ0) is 22.6. The monoisotopic (exact) mass is 449 g/mol. The molecule has 9 heteroatoms. The van der Waals surface area contributed by atoms with E-state index in [0.29, 0.717) is 12.0 Å². The summed E-state index contributed by atoms with van der Waals surface area (Å²) >= 11 is 1.51. The molecule has 2 aliphatic heterocycles. The van der Waals surface area contributed by atoms with Gasteiger partial charge in [0.15, 0.2) is 0 Å². The van der Waals surface area contributed by atoms with Crippen molar-refractivity contribution >= 4 is 38.9 Å². The summed E-state index contributed by atoms with van der Waals surface area (Å²) in [6.45, 7) is 4.53. The third-order valence-corrected chi connectivity index (χ3v) is 7.85. The lowest BCUT2D eigenvalue weighted by Crippen LogP contribution is -2.47. The zero-order valence-electron chi connectivity index (χ0n) is 18.9. The maximum Gasteiger partial charge on any atom is 0.271 e. The van der Waals surface area contributed by atoms with E-state index in [1.807, 2.05) is 33.3 Å². The van der Waals surface area contributed by atoms with Crippen LogP contribution in [0.3, 0.4) is 0 Å². The summed E-state index contributed by atoms with van der Waals surface area (Å²) in [4.78, 5) is 29.9. The van der Waals surface area contributed by atoms with Crippen molar-refractivity contribution < 1.29 is 0 Å². The van der Waals surface area contributed by atoms with E-state index in [2.05, 4.69) is 31.8 Å². The first-order valence-corrected chi connectivity index (χ1v) is 11.8. The Hall–Kier alpha value is -3.12. The van der Waals surface area contributed by atoms with Crippen molar-refractivity contribution in [1.29, 1.82) is 5.26 Å². The Balaban J connectivity index is 1.47. The second kappa shape index (κ2) is 7.78. The van der Waals surface area contributed by atoms with E-state index < -0.39 is 0 Å². The standard InChI is InChI=1S/C23H27N7OS/c1-14-26-20-21(17(12-24)22(31)28(4)23(20)32-14)29-9-7-18-15(13-29)6-10-30(18)19-11-16(27(2)3)5-8-25-19/h5,8,11,15,18H,6-7,9-10,13H2,1-4H3/t15-,18+/m1/s1. The summed E-state index contributed by atoms with van der Waals surface area (Å²) in [6.07, 6.45) is 3.91. The van der Waals surface area contributed by atoms with Gasteiger partial charge in [0.1, 0.15) is 27.8 Å². The van der Waals surface area contributed by atoms with Gasteiger partial charge in [-0.3, -0.25) is 4.79 Å². The van der Waals surface area contributed by atoms with Crippen LogP contribution in [-0.2, 0) is 7.05 Å². The number of nitrogens with zero attached hydrogens (tertiary/aromatic N) is 7. The highest BCUT2D eigenvalue weighted by molar-refractivity contribution is 7.18. The Morgan fingerprint density at radius 1 is 1.28 bits per heavy atom. The molecule has 0 aliphatic carbocycles. The first-order chi connectivity index (χ1) is 15.4. The summed E-state index contributed by atoms with van der Waals surface area (Å²) < 4.78 is 1.56. The molecule has 5 heterocycles. The molecule has 166 valence electrons. The molecular formula is C23H27N7OS. The number of rotatable bonds is 3. The maximum absolute atomic E-state index is 12.9. The van der Waals surface area contributed by atoms with Crippen molar-refractivity contribution in [2.75, 3.05) is 48.4 Å². The number of nitriles is 1. The van der Waals surface area contributed by atoms with Crippen LogP contribution >= 0.6 is 11.3 Å². The Kier molecular flexibility index (Phi) is 5.05. The van der Waals surface area contributed by atoms with Crippen molar-refractivity contribution in [1.82, 2.24) is 14.5 Å². The van der Waals surface area contributed by atoms with Crippen LogP contribution < -0.4 is 20.3 Å². The van der Waals surface area contributed by atoms with E-state index in [0.717, 1.165) is 65.0 Å². The van der Waals surface area contributed by atoms with E-state index in [1.54, 1.807) is 11.6 Å². The Bertz CT molecular complexity index is 1290. The smallest absolute Gasteiger partial charge is 0.271 e. The highest BCUT2D eigenvalue weighted by atomic mass is 32.1. The van der Waals surface area contributed by atoms with E-state index in [4.69, 9.17) is 4.98 Å². The normalized spacial score (nSPS) is 20.5. The molecule has 2 atom stereocenters. The maximum atomic E-state index is 12.9. The summed E-state index contributed by atoms with van der Waals surface area (Å²) in [5.74, 6) is 1.49. The third-order valence-electron chi connectivity index (χ3n) is 6.80. The largest absolute Gasteiger partial charge is 0.378 e. The van der Waals surface area contributed by atoms with E-state index in [1.165, 1.54) is 11.3 Å². The molecule has 0 saturated carbocycles. The number of aromatic nitrogens is 3. The molecule has 5 rings (SSSR count). The summed E-state index contributed by atoms with van der Waals surface area (Å²) in [7, 11) is 5.81. The van der Waals surface area contributed by atoms with Crippen LogP contribution in [0.5, 0.6) is 0 Å². The number of hydrogen-bond donors (Lipinski definition) is 0. The topological polar surface area (TPSA) is 81.3 Å². The molecule has 0 spiro atoms. The molecule has 2 fully saturated rings. The molecule has 3 aromatic heterocycles. The Labute approximate surface area is 191 Å². The van der Waals surface area contributed by atoms with Crippen LogP contribution in [0, 0.1) is 24.2 Å². The minimum atomic E-state index is -0.237. The van der Waals surface area contributed by atoms with Gasteiger partial charge < -0.3 is 19.3 Å². The lowest BCUT2D eigenvalue weighted by Gasteiger charge is -2.39. The van der Waals surface area contributed by atoms with Crippen LogP contribution in [-0.4, -0.2) is 54.3 Å². The molecule has 3 aromatic rings. The number of piperidine rings is 1. The second-order valence-electron chi connectivity index (χ2n) is 8.90. The second-order valence-corrected chi connectivity index (χ2v) is 10.1. The van der Waals surface area contributed by atoms with Gasteiger partial charge in [-0.25, -0.2) is 9.97 Å². The van der Waals surface area contributed by atoms with Gasteiger partial charge in [-0.05, 0) is 31.7 Å². The summed E-state index contributed by atoms with van der Waals surface area (Å²) in [5.41, 5.74) is 2.62. The molecule has 0 amide bonds. The molecule has 32 heavy (non-hydrogen) atoms. The number of anilines is 3. The van der Waals surface area contributed by atoms with Crippen molar-refractivity contribution in [3.05, 3.63) is 39.3 Å². The number of pyridine rings is 2. The van der Waals surface area contributed by atoms with Gasteiger partial charge in [-0.15, -0.1) is 11.3 Å². The van der Waals surface area contributed by atoms with E-state index in [-0.39, 0.29) is 11.1 Å². The van der Waals surface area contributed by atoms with Gasteiger partial charge in [0.25, 0.3) is 5.56 Å². The molecule has 0 bridgehead atoms. The molecule has 0 aromatic carbocycles. The van der Waals surface area contributed by atoms with Crippen molar-refractivity contribution in [3.63, 3.8) is 0 Å². The zero-order valence-corrected chi connectivity index (χ0v) is 19.7. The van der Waals surface area contributed by atoms with Crippen LogP contribution in [0.1, 0.15) is 23.4 Å². The average molecular weight is 450 g/mol. The number of thiazole rings is 1. The highest BCUT2D eigenvalue weighted by Crippen LogP contribution is 2.39. The molecule has 0 radical (unpaired) electrons. The van der Waals surface area contributed by atoms with Crippen LogP contribution in [0.15, 0.2) is 23.1 Å². The van der Waals surface area contributed by atoms with Crippen LogP contribution in [0.4, 0.5) is 17.2 Å². The van der Waals surface area contributed by atoms with Gasteiger partial charge in [-0.1, -0.05) is 0 Å². The number of fused-ring (bicyclic) bond motifs is 2. The fourth-order valence-electron chi connectivity index (χ4n) is 5.20. The average Bonchev–Trinajstić information content (AvgIpc) is 3.39. The fraction of sp³-hybridized carbons (Fsp3) is 0.478. The van der Waals surface area contributed by atoms with Gasteiger partial charge in [-0.2, -0.15) is 5.26 Å². The van der Waals surface area contributed by atoms with Crippen LogP contribution in [0.2, 0.25) is 0 Å². The van der Waals surface area contributed by atoms with Gasteiger partial charge in [0, 0.05) is 64.8 Å². The molecule has 0 N–H and O–H groups in total. The first-order valence-electron chi connectivity index (χ1n) is 10.9. The predicted octanol–water partition coefficient (Wildman–Crippen LogP) is 2.74. The lowest BCUT2D eigenvalue weighted by atomic mass is 9.92. The minimum absolute atomic E-state index is 0.207.